The minimum Gasteiger partial charge on any atom is -0.494 e. The van der Waals surface area contributed by atoms with Gasteiger partial charge in [0.1, 0.15) is 0 Å². The molecule has 0 heterocycles. The summed E-state index contributed by atoms with van der Waals surface area (Å²) in [6.07, 6.45) is 0. The van der Waals surface area contributed by atoms with E-state index in [1.807, 2.05) is 24.3 Å². The zero-order chi connectivity index (χ0) is 18.6. The van der Waals surface area contributed by atoms with Crippen LogP contribution < -0.4 is 15.2 Å². The number of nitrogens with one attached hydrogen (secondary N) is 1. The van der Waals surface area contributed by atoms with Crippen molar-refractivity contribution < 1.29 is 17.5 Å². The van der Waals surface area contributed by atoms with Crippen LogP contribution in [-0.2, 0) is 10.0 Å². The van der Waals surface area contributed by atoms with Crippen molar-refractivity contribution >= 4 is 22.4 Å². The molecule has 0 bridgehead atoms. The van der Waals surface area contributed by atoms with Crippen LogP contribution in [-0.4, -0.2) is 22.1 Å². The molecule has 2 aromatic rings. The third-order valence-electron chi connectivity index (χ3n) is 3.96. The van der Waals surface area contributed by atoms with Crippen LogP contribution in [0.3, 0.4) is 0 Å². The molecule has 0 saturated heterocycles. The standard InChI is InChI=1S/C18H23FN2O3S.ClH/c1-12(2)13-4-6-14(7-5-13)17(20)11-21-25(22,23)15-8-9-18(24-3)16(19)10-15;/h4-10,12,17,21H,11,20H2,1-3H3;1H. The van der Waals surface area contributed by atoms with Crippen molar-refractivity contribution in [3.63, 3.8) is 0 Å². The molecule has 0 aliphatic rings. The van der Waals surface area contributed by atoms with Crippen molar-refractivity contribution in [1.29, 1.82) is 0 Å². The topological polar surface area (TPSA) is 81.4 Å². The Morgan fingerprint density at radius 3 is 2.19 bits per heavy atom. The third-order valence-corrected chi connectivity index (χ3v) is 5.38. The van der Waals surface area contributed by atoms with Gasteiger partial charge in [-0.2, -0.15) is 0 Å². The fourth-order valence-electron chi connectivity index (χ4n) is 2.34. The lowest BCUT2D eigenvalue weighted by atomic mass is 9.99. The van der Waals surface area contributed by atoms with E-state index in [1.54, 1.807) is 0 Å². The van der Waals surface area contributed by atoms with Gasteiger partial charge in [-0.3, -0.25) is 0 Å². The van der Waals surface area contributed by atoms with Gasteiger partial charge in [0.2, 0.25) is 10.0 Å². The predicted molar refractivity (Wildman–Crippen MR) is 103 cm³/mol. The van der Waals surface area contributed by atoms with Crippen molar-refractivity contribution in [3.8, 4) is 5.75 Å². The van der Waals surface area contributed by atoms with Crippen LogP contribution in [0, 0.1) is 5.82 Å². The highest BCUT2D eigenvalue weighted by Crippen LogP contribution is 2.21. The molecule has 0 amide bonds. The second-order valence-electron chi connectivity index (χ2n) is 6.08. The maximum Gasteiger partial charge on any atom is 0.240 e. The van der Waals surface area contributed by atoms with Gasteiger partial charge in [0.25, 0.3) is 0 Å². The fraction of sp³-hybridized carbons (Fsp3) is 0.333. The van der Waals surface area contributed by atoms with Crippen LogP contribution in [0.25, 0.3) is 0 Å². The number of methoxy groups -OCH3 is 1. The lowest BCUT2D eigenvalue weighted by Gasteiger charge is -2.15. The van der Waals surface area contributed by atoms with Gasteiger partial charge >= 0.3 is 0 Å². The molecule has 0 aromatic heterocycles. The molecule has 144 valence electrons. The molecule has 0 aliphatic heterocycles. The number of rotatable bonds is 7. The van der Waals surface area contributed by atoms with Crippen LogP contribution in [0.2, 0.25) is 0 Å². The lowest BCUT2D eigenvalue weighted by molar-refractivity contribution is 0.385. The SMILES string of the molecule is COc1ccc(S(=O)(=O)NCC(N)c2ccc(C(C)C)cc2)cc1F.Cl. The number of halogens is 2. The third kappa shape index (κ3) is 5.41. The van der Waals surface area contributed by atoms with Gasteiger partial charge in [-0.1, -0.05) is 38.1 Å². The number of sulfonamides is 1. The number of benzene rings is 2. The van der Waals surface area contributed by atoms with Crippen molar-refractivity contribution in [2.45, 2.75) is 30.7 Å². The number of hydrogen-bond donors (Lipinski definition) is 2. The minimum absolute atomic E-state index is 0. The Kier molecular flexibility index (Phi) is 8.02. The molecule has 26 heavy (non-hydrogen) atoms. The molecule has 0 radical (unpaired) electrons. The van der Waals surface area contributed by atoms with E-state index < -0.39 is 21.9 Å². The van der Waals surface area contributed by atoms with Crippen LogP contribution in [0.1, 0.15) is 36.9 Å². The summed E-state index contributed by atoms with van der Waals surface area (Å²) in [6, 6.07) is 10.7. The molecule has 2 aromatic carbocycles. The highest BCUT2D eigenvalue weighted by atomic mass is 35.5. The molecule has 2 rings (SSSR count). The summed E-state index contributed by atoms with van der Waals surface area (Å²) in [5.41, 5.74) is 8.07. The minimum atomic E-state index is -3.86. The first-order chi connectivity index (χ1) is 11.7. The number of ether oxygens (including phenoxy) is 1. The van der Waals surface area contributed by atoms with Gasteiger partial charge in [0, 0.05) is 12.6 Å². The summed E-state index contributed by atoms with van der Waals surface area (Å²) in [4.78, 5) is -0.173. The fourth-order valence-corrected chi connectivity index (χ4v) is 3.41. The molecular formula is C18H24ClFN2O3S. The maximum atomic E-state index is 13.7. The normalized spacial score (nSPS) is 12.5. The molecular weight excluding hydrogens is 379 g/mol. The van der Waals surface area contributed by atoms with E-state index in [1.165, 1.54) is 24.8 Å². The first-order valence-electron chi connectivity index (χ1n) is 7.93. The zero-order valence-electron chi connectivity index (χ0n) is 14.9. The molecule has 0 saturated carbocycles. The van der Waals surface area contributed by atoms with Crippen molar-refractivity contribution in [2.75, 3.05) is 13.7 Å². The molecule has 8 heteroatoms. The van der Waals surface area contributed by atoms with E-state index in [2.05, 4.69) is 18.6 Å². The Hall–Kier alpha value is -1.67. The molecule has 3 N–H and O–H groups in total. The van der Waals surface area contributed by atoms with Gasteiger partial charge in [-0.15, -0.1) is 12.4 Å². The van der Waals surface area contributed by atoms with E-state index in [0.717, 1.165) is 11.6 Å². The average Bonchev–Trinajstić information content (AvgIpc) is 2.59. The Bertz CT molecular complexity index is 827. The highest BCUT2D eigenvalue weighted by Gasteiger charge is 2.18. The van der Waals surface area contributed by atoms with Crippen LogP contribution in [0.4, 0.5) is 4.39 Å². The monoisotopic (exact) mass is 402 g/mol. The smallest absolute Gasteiger partial charge is 0.240 e. The molecule has 0 aliphatic carbocycles. The van der Waals surface area contributed by atoms with Crippen LogP contribution in [0.5, 0.6) is 5.75 Å². The number of nitrogens with two attached hydrogens (primary N) is 1. The van der Waals surface area contributed by atoms with Crippen LogP contribution in [0.15, 0.2) is 47.4 Å². The van der Waals surface area contributed by atoms with Crippen molar-refractivity contribution in [2.24, 2.45) is 5.73 Å². The quantitative estimate of drug-likeness (QED) is 0.744. The maximum absolute atomic E-state index is 13.7. The molecule has 5 nitrogen and oxygen atoms in total. The second-order valence-corrected chi connectivity index (χ2v) is 7.84. The Labute approximate surface area is 160 Å². The highest BCUT2D eigenvalue weighted by molar-refractivity contribution is 7.89. The summed E-state index contributed by atoms with van der Waals surface area (Å²) in [5, 5.41) is 0. The molecule has 0 spiro atoms. The summed E-state index contributed by atoms with van der Waals surface area (Å²) in [6.45, 7) is 4.20. The summed E-state index contributed by atoms with van der Waals surface area (Å²) in [5.74, 6) is -0.339. The van der Waals surface area contributed by atoms with Crippen LogP contribution >= 0.6 is 12.4 Å². The van der Waals surface area contributed by atoms with E-state index in [4.69, 9.17) is 10.5 Å². The largest absolute Gasteiger partial charge is 0.494 e. The van der Waals surface area contributed by atoms with E-state index in [-0.39, 0.29) is 29.6 Å². The van der Waals surface area contributed by atoms with E-state index in [0.29, 0.717) is 5.92 Å². The number of hydrogen-bond acceptors (Lipinski definition) is 4. The first kappa shape index (κ1) is 22.4. The molecule has 0 fully saturated rings. The van der Waals surface area contributed by atoms with E-state index >= 15 is 0 Å². The van der Waals surface area contributed by atoms with Crippen molar-refractivity contribution in [1.82, 2.24) is 4.72 Å². The van der Waals surface area contributed by atoms with Gasteiger partial charge in [0.15, 0.2) is 11.6 Å². The predicted octanol–water partition coefficient (Wildman–Crippen LogP) is 3.36. The average molecular weight is 403 g/mol. The second kappa shape index (κ2) is 9.32. The summed E-state index contributed by atoms with van der Waals surface area (Å²) in [7, 11) is -2.54. The molecule has 1 atom stereocenters. The van der Waals surface area contributed by atoms with Crippen molar-refractivity contribution in [3.05, 3.63) is 59.4 Å². The Morgan fingerprint density at radius 1 is 1.12 bits per heavy atom. The first-order valence-corrected chi connectivity index (χ1v) is 9.41. The van der Waals surface area contributed by atoms with Gasteiger partial charge in [-0.25, -0.2) is 17.5 Å². The Balaban J connectivity index is 0.00000338. The summed E-state index contributed by atoms with van der Waals surface area (Å²) < 4.78 is 45.5. The lowest BCUT2D eigenvalue weighted by Crippen LogP contribution is -2.32. The molecule has 1 unspecified atom stereocenters. The van der Waals surface area contributed by atoms with Gasteiger partial charge in [0.05, 0.1) is 12.0 Å². The Morgan fingerprint density at radius 2 is 1.69 bits per heavy atom. The zero-order valence-corrected chi connectivity index (χ0v) is 16.5. The van der Waals surface area contributed by atoms with Gasteiger partial charge in [-0.05, 0) is 35.2 Å². The van der Waals surface area contributed by atoms with Gasteiger partial charge < -0.3 is 10.5 Å². The van der Waals surface area contributed by atoms with E-state index in [9.17, 15) is 12.8 Å². The summed E-state index contributed by atoms with van der Waals surface area (Å²) >= 11 is 0.